The lowest BCUT2D eigenvalue weighted by Gasteiger charge is -2.34. The van der Waals surface area contributed by atoms with E-state index in [1.807, 2.05) is 80.3 Å². The number of nitrogen functional groups attached to an aromatic ring is 1. The lowest BCUT2D eigenvalue weighted by atomic mass is 9.75. The first-order chi connectivity index (χ1) is 69.9. The summed E-state index contributed by atoms with van der Waals surface area (Å²) in [4.78, 5) is 98.4. The molecular formula is C107H116F15N15O10. The Balaban J connectivity index is 0.000000161. The molecule has 6 saturated heterocycles. The number of anilines is 6. The van der Waals surface area contributed by atoms with Gasteiger partial charge in [-0.1, -0.05) is 97.1 Å². The zero-order valence-corrected chi connectivity index (χ0v) is 81.8. The number of benzene rings is 8. The van der Waals surface area contributed by atoms with Gasteiger partial charge in [-0.15, -0.1) is 0 Å². The topological polar surface area (TPSA) is 282 Å². The van der Waals surface area contributed by atoms with E-state index in [1.54, 1.807) is 80.0 Å². The highest BCUT2D eigenvalue weighted by atomic mass is 19.4. The summed E-state index contributed by atoms with van der Waals surface area (Å²) in [5, 5.41) is 18.6. The number of carbonyl (C=O) groups excluding carboxylic acids is 5. The summed E-state index contributed by atoms with van der Waals surface area (Å²) in [6, 6.07) is 40.3. The number of likely N-dealkylation sites (tertiary alicyclic amines) is 2. The van der Waals surface area contributed by atoms with Crippen molar-refractivity contribution in [2.24, 2.45) is 34.0 Å². The van der Waals surface area contributed by atoms with Crippen molar-refractivity contribution in [2.45, 2.75) is 149 Å². The lowest BCUT2D eigenvalue weighted by Crippen LogP contribution is -2.40. The van der Waals surface area contributed by atoms with E-state index in [0.29, 0.717) is 170 Å². The van der Waals surface area contributed by atoms with Crippen molar-refractivity contribution in [3.63, 3.8) is 0 Å². The summed E-state index contributed by atoms with van der Waals surface area (Å²) >= 11 is 0. The molecule has 6 atom stereocenters. The number of ether oxygens (including phenoxy) is 3. The number of amides is 2. The van der Waals surface area contributed by atoms with Crippen molar-refractivity contribution >= 4 is 70.6 Å². The summed E-state index contributed by atoms with van der Waals surface area (Å²) in [6.07, 6.45) is -1.25. The number of piperidine rings is 3. The minimum Gasteiger partial charge on any atom is -0.481 e. The zero-order chi connectivity index (χ0) is 106. The summed E-state index contributed by atoms with van der Waals surface area (Å²) < 4.78 is 227. The summed E-state index contributed by atoms with van der Waals surface area (Å²) in [5.74, 6) is -8.83. The van der Waals surface area contributed by atoms with Crippen molar-refractivity contribution in [3.05, 3.63) is 303 Å². The largest absolute Gasteiger partial charge is 0.481 e. The highest BCUT2D eigenvalue weighted by Gasteiger charge is 2.53. The third-order valence-electron chi connectivity index (χ3n) is 28.4. The van der Waals surface area contributed by atoms with Crippen molar-refractivity contribution in [2.75, 3.05) is 129 Å². The number of nitrogens with two attached hydrogens (primary N) is 1. The molecule has 147 heavy (non-hydrogen) atoms. The number of aromatic nitrogens is 6. The first-order valence-electron chi connectivity index (χ1n) is 48.5. The molecule has 3 aromatic heterocycles. The Morgan fingerprint density at radius 1 is 0.415 bits per heavy atom. The molecule has 11 aromatic rings. The van der Waals surface area contributed by atoms with E-state index >= 15 is 4.39 Å². The smallest absolute Gasteiger partial charge is 0.416 e. The van der Waals surface area contributed by atoms with Gasteiger partial charge in [-0.3, -0.25) is 49.2 Å². The number of carboxylic acid groups (broad SMARTS) is 1. The number of imidazole rings is 3. The van der Waals surface area contributed by atoms with Crippen LogP contribution < -0.4 is 36.4 Å². The number of nitrogens with one attached hydrogen (secondary N) is 3. The molecule has 8 aromatic carbocycles. The number of hydrogen-bond acceptors (Lipinski definition) is 19. The van der Waals surface area contributed by atoms with Gasteiger partial charge in [-0.2, -0.15) is 39.5 Å². The number of rotatable bonds is 27. The van der Waals surface area contributed by atoms with Crippen LogP contribution in [-0.2, 0) is 94.2 Å². The normalized spacial score (nSPS) is 20.2. The van der Waals surface area contributed by atoms with E-state index in [9.17, 15) is 95.3 Å². The molecule has 0 radical (unpaired) electrons. The predicted octanol–water partition coefficient (Wildman–Crippen LogP) is 19.6. The maximum absolute atomic E-state index is 15.2. The van der Waals surface area contributed by atoms with Crippen molar-refractivity contribution < 1.29 is 114 Å². The van der Waals surface area contributed by atoms with Gasteiger partial charge in [-0.25, -0.2) is 41.3 Å². The molecule has 0 spiro atoms. The third-order valence-corrected chi connectivity index (χ3v) is 28.4. The van der Waals surface area contributed by atoms with Gasteiger partial charge in [0, 0.05) is 182 Å². The van der Waals surface area contributed by atoms with Gasteiger partial charge in [0.05, 0.1) is 90.1 Å². The fraction of sp³-hybridized carbons (Fsp3) is 0.411. The minimum atomic E-state index is -4.56. The fourth-order valence-electron chi connectivity index (χ4n) is 20.3. The first kappa shape index (κ1) is 109. The number of alkyl halides is 9. The van der Waals surface area contributed by atoms with E-state index in [-0.39, 0.29) is 104 Å². The number of nitrogens with zero attached hydrogens (tertiary/aromatic N) is 11. The van der Waals surface area contributed by atoms with Crippen LogP contribution in [-0.4, -0.2) is 178 Å². The fourth-order valence-corrected chi connectivity index (χ4v) is 20.3. The van der Waals surface area contributed by atoms with Crippen LogP contribution in [0.2, 0.25) is 0 Å². The maximum Gasteiger partial charge on any atom is 0.416 e. The van der Waals surface area contributed by atoms with Crippen LogP contribution in [0.25, 0.3) is 0 Å². The molecule has 25 nitrogen and oxygen atoms in total. The number of aliphatic carboxylic acids is 1. The molecule has 784 valence electrons. The van der Waals surface area contributed by atoms with Gasteiger partial charge in [0.2, 0.25) is 23.7 Å². The lowest BCUT2D eigenvalue weighted by molar-refractivity contribution is -0.149. The van der Waals surface area contributed by atoms with Crippen LogP contribution >= 0.6 is 0 Å². The average molecular weight is 2060 g/mol. The van der Waals surface area contributed by atoms with Crippen LogP contribution in [0.1, 0.15) is 159 Å². The van der Waals surface area contributed by atoms with Crippen LogP contribution in [0.4, 0.5) is 101 Å². The maximum atomic E-state index is 15.2. The summed E-state index contributed by atoms with van der Waals surface area (Å²) in [5.41, 5.74) is 6.08. The van der Waals surface area contributed by atoms with Gasteiger partial charge in [0.25, 0.3) is 0 Å². The molecule has 6 aliphatic heterocycles. The highest BCUT2D eigenvalue weighted by Crippen LogP contribution is 2.49. The van der Waals surface area contributed by atoms with Crippen LogP contribution in [0.15, 0.2) is 207 Å². The van der Waals surface area contributed by atoms with E-state index in [1.165, 1.54) is 67.0 Å². The van der Waals surface area contributed by atoms with Gasteiger partial charge in [0.15, 0.2) is 5.95 Å². The van der Waals surface area contributed by atoms with E-state index in [4.69, 9.17) is 19.9 Å². The van der Waals surface area contributed by atoms with Gasteiger partial charge >= 0.3 is 42.4 Å². The Bertz CT molecular complexity index is 6420. The molecule has 9 heterocycles. The van der Waals surface area contributed by atoms with Crippen LogP contribution in [0.3, 0.4) is 0 Å². The summed E-state index contributed by atoms with van der Waals surface area (Å²) in [6.45, 7) is 17.1. The molecule has 6 unspecified atom stereocenters. The first-order valence-corrected chi connectivity index (χ1v) is 48.5. The van der Waals surface area contributed by atoms with Crippen LogP contribution in [0, 0.1) is 68.9 Å². The molecule has 2 amide bonds. The molecule has 40 heteroatoms. The molecule has 6 aliphatic rings. The second-order valence-electron chi connectivity index (χ2n) is 38.3. The van der Waals surface area contributed by atoms with Gasteiger partial charge < -0.3 is 58.8 Å². The standard InChI is InChI=1S/C38H40F5N5O3.C31H34F5N5O3.C19H23F3N4O2.C19H19F2NO2/c1-3-51-34(49)26-13-16-47(17-14-26)33-19-28(38(41,42)43)10-9-27(33)22-48-18-15-44-36(48)45-35(50)37(2)24-46(21-25-7-5-4-6-8-25)23-31(37)30-12-11-29(39)20-32(30)40;1-3-44-27(42)19-8-11-40(12-9-19)26-14-21(31(34,35)36)5-4-20(26)17-41-13-10-38-29(41)39-28(43)30(2)18-37-16-24(30)23-7-6-22(32)15-25(23)33;1-2-28-17(27)13-5-8-25(9-6-13)16-11-15(19(20,21)22)4-3-14(16)12-26-10-7-24-18(26)23;1-19(18(23)24)12-22(10-13-5-3-2-4-6-13)11-16(19)15-8-7-14(20)9-17(15)21/h4-12,15,18-20,26,31H,3,13-14,16-17,21-24H2,1-2H3,(H,44,45,50);4-7,10,13-15,19,24,37H,3,8-9,11-12,16-18H2,1-2H3,(H,38,39,43);3-4,7,10-11,13H,2,5-6,8-9,12H2,1H3,(H2,23,24);2-9,16H,10-12H2,1H3,(H,23,24). The molecule has 0 saturated carbocycles. The Morgan fingerprint density at radius 3 is 1.07 bits per heavy atom. The van der Waals surface area contributed by atoms with Crippen molar-refractivity contribution in [1.82, 2.24) is 43.8 Å². The number of carboxylic acids is 1. The Labute approximate surface area is 840 Å². The summed E-state index contributed by atoms with van der Waals surface area (Å²) in [7, 11) is 0. The molecule has 0 bridgehead atoms. The van der Waals surface area contributed by atoms with E-state index in [2.05, 4.69) is 35.8 Å². The van der Waals surface area contributed by atoms with Crippen molar-refractivity contribution in [3.8, 4) is 0 Å². The average Bonchev–Trinajstić information content (AvgIpc) is 1.61. The second kappa shape index (κ2) is 47.0. The monoisotopic (exact) mass is 2060 g/mol. The number of hydrogen-bond donors (Lipinski definition) is 5. The highest BCUT2D eigenvalue weighted by molar-refractivity contribution is 5.96. The van der Waals surface area contributed by atoms with E-state index < -0.39 is 122 Å². The Morgan fingerprint density at radius 2 is 0.741 bits per heavy atom. The second-order valence-corrected chi connectivity index (χ2v) is 38.3. The zero-order valence-electron chi connectivity index (χ0n) is 81.8. The Kier molecular flexibility index (Phi) is 34.8. The van der Waals surface area contributed by atoms with Crippen LogP contribution in [0.5, 0.6) is 0 Å². The molecule has 17 rings (SSSR count). The third kappa shape index (κ3) is 26.3. The molecule has 6 fully saturated rings. The van der Waals surface area contributed by atoms with E-state index in [0.717, 1.165) is 65.7 Å². The predicted molar refractivity (Wildman–Crippen MR) is 520 cm³/mol. The quantitative estimate of drug-likeness (QED) is 0.0182. The Hall–Kier alpha value is -13.8. The molecule has 0 aliphatic carbocycles. The number of esters is 3. The van der Waals surface area contributed by atoms with Gasteiger partial charge in [-0.05, 0) is 179 Å². The minimum absolute atomic E-state index is 0.0910. The number of carbonyl (C=O) groups is 6. The number of halogens is 15. The SMILES string of the molecule is CC1(C(=O)O)CN(Cc2ccccc2)CC1c1ccc(F)cc1F.CCOC(=O)C1CCN(c2cc(C(F)(F)F)ccc2Cn2ccnc2N)CC1.CCOC(=O)C1CCN(c2cc(C(F)(F)F)ccc2Cn2ccnc2NC(=O)C2(C)CN(Cc3ccccc3)CC2c2ccc(F)cc2F)CC1.CCOC(=O)C1CCN(c2cc(C(F)(F)F)ccc2Cn2ccnc2NC(=O)C2(C)CNCC2c2ccc(F)cc2F)CC1. The van der Waals surface area contributed by atoms with Crippen molar-refractivity contribution in [1.29, 1.82) is 0 Å². The van der Waals surface area contributed by atoms with Gasteiger partial charge in [0.1, 0.15) is 34.9 Å². The molecular weight excluding hydrogens is 1940 g/mol. The molecule has 6 N–H and O–H groups in total.